The Morgan fingerprint density at radius 3 is 2.85 bits per heavy atom. The largest absolute Gasteiger partial charge is 0.490 e. The van der Waals surface area contributed by atoms with Gasteiger partial charge in [0.1, 0.15) is 5.75 Å². The minimum Gasteiger partial charge on any atom is -0.490 e. The molecule has 1 aliphatic heterocycles. The molecule has 0 spiro atoms. The highest BCUT2D eigenvalue weighted by Gasteiger charge is 2.18. The highest BCUT2D eigenvalue weighted by Crippen LogP contribution is 2.26. The Morgan fingerprint density at radius 2 is 2.10 bits per heavy atom. The predicted octanol–water partition coefficient (Wildman–Crippen LogP) is 2.40. The van der Waals surface area contributed by atoms with E-state index >= 15 is 0 Å². The van der Waals surface area contributed by atoms with E-state index in [1.165, 1.54) is 31.2 Å². The summed E-state index contributed by atoms with van der Waals surface area (Å²) in [4.78, 5) is 6.61. The van der Waals surface area contributed by atoms with Gasteiger partial charge in [-0.3, -0.25) is 4.99 Å². The molecule has 0 unspecified atom stereocenters. The number of hydrogen-bond acceptors (Lipinski definition) is 4. The van der Waals surface area contributed by atoms with Gasteiger partial charge in [0.25, 0.3) is 0 Å². The van der Waals surface area contributed by atoms with Crippen LogP contribution in [0.4, 0.5) is 0 Å². The molecule has 0 aromatic heterocycles. The first-order valence-corrected chi connectivity index (χ1v) is 7.57. The summed E-state index contributed by atoms with van der Waals surface area (Å²) < 4.78 is 6.15. The van der Waals surface area contributed by atoms with Crippen molar-refractivity contribution in [2.45, 2.75) is 38.3 Å². The molecular formula is C16H23N3O. The molecule has 1 aromatic rings. The van der Waals surface area contributed by atoms with Crippen molar-refractivity contribution in [1.82, 2.24) is 10.2 Å². The van der Waals surface area contributed by atoms with Gasteiger partial charge in [0.15, 0.2) is 5.96 Å². The van der Waals surface area contributed by atoms with Crippen LogP contribution in [0, 0.1) is 0 Å². The van der Waals surface area contributed by atoms with Crippen molar-refractivity contribution >= 4 is 5.96 Å². The first-order chi connectivity index (χ1) is 9.83. The second-order valence-electron chi connectivity index (χ2n) is 5.61. The van der Waals surface area contributed by atoms with Crippen molar-refractivity contribution in [2.75, 3.05) is 20.1 Å². The number of ether oxygens (including phenoxy) is 1. The lowest BCUT2D eigenvalue weighted by Crippen LogP contribution is -2.35. The fraction of sp³-hybridized carbons (Fsp3) is 0.562. The average Bonchev–Trinajstić information content (AvgIpc) is 3.10. The summed E-state index contributed by atoms with van der Waals surface area (Å²) in [5.74, 6) is 2.01. The maximum absolute atomic E-state index is 6.15. The molecule has 20 heavy (non-hydrogen) atoms. The Balaban J connectivity index is 1.63. The molecule has 0 atom stereocenters. The molecule has 0 saturated heterocycles. The molecule has 1 aromatic carbocycles. The van der Waals surface area contributed by atoms with Crippen molar-refractivity contribution < 1.29 is 4.74 Å². The number of nitrogens with one attached hydrogen (secondary N) is 1. The van der Waals surface area contributed by atoms with Crippen molar-refractivity contribution in [2.24, 2.45) is 4.99 Å². The fourth-order valence-corrected chi connectivity index (χ4v) is 2.85. The third-order valence-electron chi connectivity index (χ3n) is 4.06. The predicted molar refractivity (Wildman–Crippen MR) is 81.1 cm³/mol. The number of nitrogens with zero attached hydrogens (tertiary/aromatic N) is 2. The molecule has 108 valence electrons. The van der Waals surface area contributed by atoms with Crippen LogP contribution in [0.5, 0.6) is 5.75 Å². The zero-order valence-corrected chi connectivity index (χ0v) is 12.1. The van der Waals surface area contributed by atoms with Crippen LogP contribution in [-0.4, -0.2) is 37.1 Å². The molecule has 1 heterocycles. The summed E-state index contributed by atoms with van der Waals surface area (Å²) in [6.07, 6.45) is 5.39. The van der Waals surface area contributed by atoms with Crippen LogP contribution in [0.25, 0.3) is 0 Å². The smallest absolute Gasteiger partial charge is 0.194 e. The molecule has 2 aliphatic rings. The number of rotatable bonds is 4. The van der Waals surface area contributed by atoms with Gasteiger partial charge in [-0.05, 0) is 31.7 Å². The van der Waals surface area contributed by atoms with Gasteiger partial charge in [-0.2, -0.15) is 0 Å². The molecule has 3 rings (SSSR count). The van der Waals surface area contributed by atoms with Crippen LogP contribution in [0.3, 0.4) is 0 Å². The summed E-state index contributed by atoms with van der Waals surface area (Å²) >= 11 is 0. The SMILES string of the molecule is CN1CCN=C1NCc1ccccc1OC1CCCC1. The van der Waals surface area contributed by atoms with E-state index < -0.39 is 0 Å². The lowest BCUT2D eigenvalue weighted by Gasteiger charge is -2.19. The van der Waals surface area contributed by atoms with Crippen LogP contribution >= 0.6 is 0 Å². The minimum absolute atomic E-state index is 0.405. The van der Waals surface area contributed by atoms with E-state index in [1.54, 1.807) is 0 Å². The molecule has 4 nitrogen and oxygen atoms in total. The van der Waals surface area contributed by atoms with Crippen LogP contribution in [-0.2, 0) is 6.54 Å². The fourth-order valence-electron chi connectivity index (χ4n) is 2.85. The lowest BCUT2D eigenvalue weighted by atomic mass is 10.2. The van der Waals surface area contributed by atoms with Gasteiger partial charge in [0.2, 0.25) is 0 Å². The monoisotopic (exact) mass is 273 g/mol. The second kappa shape index (κ2) is 6.16. The van der Waals surface area contributed by atoms with E-state index in [4.69, 9.17) is 4.74 Å². The van der Waals surface area contributed by atoms with Gasteiger partial charge in [0.05, 0.1) is 12.6 Å². The summed E-state index contributed by atoms with van der Waals surface area (Å²) in [5.41, 5.74) is 1.21. The van der Waals surface area contributed by atoms with Crippen LogP contribution < -0.4 is 10.1 Å². The third kappa shape index (κ3) is 3.06. The highest BCUT2D eigenvalue weighted by atomic mass is 16.5. The van der Waals surface area contributed by atoms with E-state index in [0.717, 1.165) is 31.3 Å². The number of hydrogen-bond donors (Lipinski definition) is 1. The molecule has 4 heteroatoms. The quantitative estimate of drug-likeness (QED) is 0.915. The number of para-hydroxylation sites is 1. The number of guanidine groups is 1. The summed E-state index contributed by atoms with van der Waals surface area (Å²) in [6.45, 7) is 2.66. The Kier molecular flexibility index (Phi) is 4.09. The summed E-state index contributed by atoms with van der Waals surface area (Å²) in [7, 11) is 2.07. The van der Waals surface area contributed by atoms with E-state index in [9.17, 15) is 0 Å². The van der Waals surface area contributed by atoms with Gasteiger partial charge in [-0.25, -0.2) is 0 Å². The standard InChI is InChI=1S/C16H23N3O/c1-19-11-10-17-16(19)18-12-13-6-2-5-9-15(13)20-14-7-3-4-8-14/h2,5-6,9,14H,3-4,7-8,10-12H2,1H3,(H,17,18). The number of likely N-dealkylation sites (N-methyl/N-ethyl adjacent to an activating group) is 1. The molecular weight excluding hydrogens is 250 g/mol. The topological polar surface area (TPSA) is 36.9 Å². The molecule has 1 saturated carbocycles. The molecule has 0 amide bonds. The van der Waals surface area contributed by atoms with Crippen LogP contribution in [0.15, 0.2) is 29.3 Å². The second-order valence-corrected chi connectivity index (χ2v) is 5.61. The third-order valence-corrected chi connectivity index (χ3v) is 4.06. The first-order valence-electron chi connectivity index (χ1n) is 7.57. The van der Waals surface area contributed by atoms with E-state index in [-0.39, 0.29) is 0 Å². The zero-order valence-electron chi connectivity index (χ0n) is 12.1. The zero-order chi connectivity index (χ0) is 13.8. The summed E-state index contributed by atoms with van der Waals surface area (Å²) in [6, 6.07) is 8.33. The van der Waals surface area contributed by atoms with E-state index in [1.807, 2.05) is 6.07 Å². The first kappa shape index (κ1) is 13.3. The van der Waals surface area contributed by atoms with Gasteiger partial charge in [-0.1, -0.05) is 18.2 Å². The van der Waals surface area contributed by atoms with Crippen molar-refractivity contribution in [3.8, 4) is 5.75 Å². The van der Waals surface area contributed by atoms with Gasteiger partial charge in [0, 0.05) is 25.7 Å². The molecule has 0 bridgehead atoms. The van der Waals surface area contributed by atoms with E-state index in [2.05, 4.69) is 40.5 Å². The van der Waals surface area contributed by atoms with Crippen LogP contribution in [0.2, 0.25) is 0 Å². The van der Waals surface area contributed by atoms with Gasteiger partial charge in [-0.15, -0.1) is 0 Å². The molecule has 0 radical (unpaired) electrons. The Hall–Kier alpha value is -1.71. The normalized spacial score (nSPS) is 19.2. The minimum atomic E-state index is 0.405. The average molecular weight is 273 g/mol. The number of aliphatic imine (C=N–C) groups is 1. The highest BCUT2D eigenvalue weighted by molar-refractivity contribution is 5.81. The van der Waals surface area contributed by atoms with Gasteiger partial charge < -0.3 is 15.0 Å². The Morgan fingerprint density at radius 1 is 1.30 bits per heavy atom. The van der Waals surface area contributed by atoms with Crippen LogP contribution in [0.1, 0.15) is 31.2 Å². The van der Waals surface area contributed by atoms with Gasteiger partial charge >= 0.3 is 0 Å². The Labute approximate surface area is 120 Å². The van der Waals surface area contributed by atoms with Crippen molar-refractivity contribution in [1.29, 1.82) is 0 Å². The molecule has 1 N–H and O–H groups in total. The summed E-state index contributed by atoms with van der Waals surface area (Å²) in [5, 5.41) is 3.41. The maximum Gasteiger partial charge on any atom is 0.194 e. The Bertz CT molecular complexity index is 480. The molecule has 1 aliphatic carbocycles. The van der Waals surface area contributed by atoms with Crippen molar-refractivity contribution in [3.05, 3.63) is 29.8 Å². The lowest BCUT2D eigenvalue weighted by molar-refractivity contribution is 0.208. The van der Waals surface area contributed by atoms with Crippen molar-refractivity contribution in [3.63, 3.8) is 0 Å². The maximum atomic E-state index is 6.15. The molecule has 1 fully saturated rings. The number of benzene rings is 1. The van der Waals surface area contributed by atoms with E-state index in [0.29, 0.717) is 6.10 Å².